The third-order valence-electron chi connectivity index (χ3n) is 3.45. The molecule has 1 aromatic carbocycles. The lowest BCUT2D eigenvalue weighted by atomic mass is 9.93. The fourth-order valence-electron chi connectivity index (χ4n) is 2.17. The second-order valence-corrected chi connectivity index (χ2v) is 7.07. The average Bonchev–Trinajstić information content (AvgIpc) is 2.95. The van der Waals surface area contributed by atoms with E-state index in [4.69, 9.17) is 5.73 Å². The summed E-state index contributed by atoms with van der Waals surface area (Å²) in [5.74, 6) is -0.102. The molecule has 1 amide bonds. The van der Waals surface area contributed by atoms with Crippen LogP contribution < -0.4 is 5.73 Å². The first-order chi connectivity index (χ1) is 10.3. The first-order valence-corrected chi connectivity index (χ1v) is 7.89. The third kappa shape index (κ3) is 5.06. The zero-order valence-corrected chi connectivity index (χ0v) is 15.9. The zero-order chi connectivity index (χ0) is 16.3. The highest BCUT2D eigenvalue weighted by molar-refractivity contribution is 9.10. The molecule has 0 spiro atoms. The van der Waals surface area contributed by atoms with E-state index in [0.717, 1.165) is 10.2 Å². The Labute approximate surface area is 151 Å². The maximum Gasteiger partial charge on any atom is 0.274 e. The summed E-state index contributed by atoms with van der Waals surface area (Å²) >= 11 is 3.43. The van der Waals surface area contributed by atoms with Crippen molar-refractivity contribution < 1.29 is 4.79 Å². The van der Waals surface area contributed by atoms with E-state index in [9.17, 15) is 4.79 Å². The van der Waals surface area contributed by atoms with Crippen LogP contribution in [-0.4, -0.2) is 40.7 Å². The van der Waals surface area contributed by atoms with Crippen LogP contribution in [-0.2, 0) is 0 Å². The van der Waals surface area contributed by atoms with Gasteiger partial charge in [0.1, 0.15) is 0 Å². The van der Waals surface area contributed by atoms with Crippen LogP contribution in [0.25, 0.3) is 5.69 Å². The van der Waals surface area contributed by atoms with E-state index < -0.39 is 0 Å². The van der Waals surface area contributed by atoms with Gasteiger partial charge in [0.15, 0.2) is 5.69 Å². The normalized spacial score (nSPS) is 11.0. The molecule has 0 aliphatic rings. The molecule has 0 saturated heterocycles. The maximum atomic E-state index is 12.4. The van der Waals surface area contributed by atoms with Crippen LogP contribution in [0.2, 0.25) is 0 Å². The van der Waals surface area contributed by atoms with Gasteiger partial charge < -0.3 is 10.6 Å². The molecule has 2 rings (SSSR count). The summed E-state index contributed by atoms with van der Waals surface area (Å²) in [7, 11) is 1.78. The Hall–Kier alpha value is -1.37. The molecule has 0 atom stereocenters. The third-order valence-corrected chi connectivity index (χ3v) is 3.94. The number of nitrogens with zero attached hydrogens (tertiary/aromatic N) is 3. The van der Waals surface area contributed by atoms with Crippen molar-refractivity contribution in [2.75, 3.05) is 20.1 Å². The molecule has 126 valence electrons. The number of carbonyl (C=O) groups is 1. The molecule has 2 N–H and O–H groups in total. The smallest absolute Gasteiger partial charge is 0.274 e. The van der Waals surface area contributed by atoms with Gasteiger partial charge in [0.05, 0.1) is 5.69 Å². The van der Waals surface area contributed by atoms with Gasteiger partial charge in [0.2, 0.25) is 0 Å². The lowest BCUT2D eigenvalue weighted by Crippen LogP contribution is -2.39. The largest absolute Gasteiger partial charge is 0.340 e. The van der Waals surface area contributed by atoms with Gasteiger partial charge in [-0.25, -0.2) is 4.68 Å². The average molecular weight is 402 g/mol. The van der Waals surface area contributed by atoms with E-state index in [-0.39, 0.29) is 23.7 Å². The molecule has 0 fully saturated rings. The fraction of sp³-hybridized carbons (Fsp3) is 0.375. The van der Waals surface area contributed by atoms with Gasteiger partial charge in [0.25, 0.3) is 5.91 Å². The zero-order valence-electron chi connectivity index (χ0n) is 13.5. The molecule has 0 saturated carbocycles. The van der Waals surface area contributed by atoms with E-state index in [1.165, 1.54) is 0 Å². The molecule has 5 nitrogen and oxygen atoms in total. The minimum Gasteiger partial charge on any atom is -0.340 e. The van der Waals surface area contributed by atoms with Gasteiger partial charge in [-0.3, -0.25) is 4.79 Å². The summed E-state index contributed by atoms with van der Waals surface area (Å²) in [4.78, 5) is 14.1. The summed E-state index contributed by atoms with van der Waals surface area (Å²) in [6.45, 7) is 5.19. The fourth-order valence-corrected chi connectivity index (χ4v) is 2.56. The van der Waals surface area contributed by atoms with Crippen molar-refractivity contribution >= 4 is 34.2 Å². The van der Waals surface area contributed by atoms with Crippen molar-refractivity contribution in [2.24, 2.45) is 11.1 Å². The van der Waals surface area contributed by atoms with E-state index in [0.29, 0.717) is 18.8 Å². The molecule has 0 bridgehead atoms. The van der Waals surface area contributed by atoms with E-state index >= 15 is 0 Å². The molecule has 0 unspecified atom stereocenters. The number of hydrogen-bond acceptors (Lipinski definition) is 3. The highest BCUT2D eigenvalue weighted by Gasteiger charge is 2.23. The Morgan fingerprint density at radius 2 is 2.09 bits per heavy atom. The van der Waals surface area contributed by atoms with Crippen molar-refractivity contribution in [3.8, 4) is 5.69 Å². The quantitative estimate of drug-likeness (QED) is 0.837. The number of hydrogen-bond donors (Lipinski definition) is 1. The summed E-state index contributed by atoms with van der Waals surface area (Å²) in [5, 5.41) is 4.37. The molecule has 7 heteroatoms. The summed E-state index contributed by atoms with van der Waals surface area (Å²) in [6.07, 6.45) is 1.79. The Morgan fingerprint density at radius 1 is 1.39 bits per heavy atom. The lowest BCUT2D eigenvalue weighted by Gasteiger charge is -2.28. The Kier molecular flexibility index (Phi) is 6.80. The molecule has 2 aromatic rings. The highest BCUT2D eigenvalue weighted by atomic mass is 79.9. The van der Waals surface area contributed by atoms with Gasteiger partial charge in [-0.1, -0.05) is 35.8 Å². The molecular formula is C16H22BrClN4O. The number of benzene rings is 1. The van der Waals surface area contributed by atoms with Gasteiger partial charge in [-0.15, -0.1) is 12.4 Å². The van der Waals surface area contributed by atoms with Crippen LogP contribution in [0.4, 0.5) is 0 Å². The van der Waals surface area contributed by atoms with Crippen LogP contribution in [0.3, 0.4) is 0 Å². The number of carbonyl (C=O) groups excluding carboxylic acids is 1. The number of aromatic nitrogens is 2. The van der Waals surface area contributed by atoms with Gasteiger partial charge >= 0.3 is 0 Å². The molecule has 1 aromatic heterocycles. The predicted octanol–water partition coefficient (Wildman–Crippen LogP) is 3.11. The summed E-state index contributed by atoms with van der Waals surface area (Å²) < 4.78 is 2.66. The number of nitrogens with two attached hydrogens (primary N) is 1. The predicted molar refractivity (Wildman–Crippen MR) is 98.3 cm³/mol. The van der Waals surface area contributed by atoms with Crippen LogP contribution in [0.1, 0.15) is 24.3 Å². The molecular weight excluding hydrogens is 380 g/mol. The lowest BCUT2D eigenvalue weighted by molar-refractivity contribution is 0.0734. The maximum absolute atomic E-state index is 12.4. The van der Waals surface area contributed by atoms with Crippen LogP contribution in [0.15, 0.2) is 41.0 Å². The van der Waals surface area contributed by atoms with Crippen molar-refractivity contribution in [1.82, 2.24) is 14.7 Å². The van der Waals surface area contributed by atoms with Gasteiger partial charge in [-0.2, -0.15) is 5.10 Å². The van der Waals surface area contributed by atoms with Gasteiger partial charge in [-0.05, 0) is 36.2 Å². The first-order valence-electron chi connectivity index (χ1n) is 7.09. The molecule has 0 aliphatic heterocycles. The van der Waals surface area contributed by atoms with Crippen LogP contribution in [0, 0.1) is 5.41 Å². The second-order valence-electron chi connectivity index (χ2n) is 6.15. The SMILES string of the molecule is CN(CC(C)(C)CN)C(=O)c1ccn(-c2cccc(Br)c2)n1.Cl. The minimum atomic E-state index is -0.114. The van der Waals surface area contributed by atoms with Crippen molar-refractivity contribution in [2.45, 2.75) is 13.8 Å². The first kappa shape index (κ1) is 19.7. The second kappa shape index (κ2) is 7.95. The number of amides is 1. The molecule has 0 aliphatic carbocycles. The van der Waals surface area contributed by atoms with Crippen molar-refractivity contribution in [3.63, 3.8) is 0 Å². The summed E-state index contributed by atoms with van der Waals surface area (Å²) in [5.41, 5.74) is 6.94. The van der Waals surface area contributed by atoms with Crippen LogP contribution >= 0.6 is 28.3 Å². The molecule has 1 heterocycles. The van der Waals surface area contributed by atoms with Gasteiger partial charge in [0, 0.05) is 24.3 Å². The van der Waals surface area contributed by atoms with E-state index in [2.05, 4.69) is 21.0 Å². The minimum absolute atomic E-state index is 0. The molecule has 0 radical (unpaired) electrons. The number of rotatable bonds is 5. The van der Waals surface area contributed by atoms with Crippen molar-refractivity contribution in [3.05, 3.63) is 46.7 Å². The Bertz CT molecular complexity index is 672. The Morgan fingerprint density at radius 3 is 2.70 bits per heavy atom. The number of halogens is 2. The standard InChI is InChI=1S/C16H21BrN4O.ClH/c1-16(2,10-18)11-20(3)15(22)14-7-8-21(19-14)13-6-4-5-12(17)9-13;/h4-9H,10-11,18H2,1-3H3;1H. The highest BCUT2D eigenvalue weighted by Crippen LogP contribution is 2.17. The summed E-state index contributed by atoms with van der Waals surface area (Å²) in [6, 6.07) is 9.49. The van der Waals surface area contributed by atoms with Crippen molar-refractivity contribution in [1.29, 1.82) is 0 Å². The molecule has 23 heavy (non-hydrogen) atoms. The van der Waals surface area contributed by atoms with E-state index in [1.54, 1.807) is 28.9 Å². The topological polar surface area (TPSA) is 64.2 Å². The monoisotopic (exact) mass is 400 g/mol. The van der Waals surface area contributed by atoms with E-state index in [1.807, 2.05) is 38.1 Å². The Balaban J connectivity index is 0.00000264. The van der Waals surface area contributed by atoms with Crippen LogP contribution in [0.5, 0.6) is 0 Å².